The lowest BCUT2D eigenvalue weighted by Crippen LogP contribution is -2.24. The van der Waals surface area contributed by atoms with Gasteiger partial charge in [0.15, 0.2) is 0 Å². The minimum Gasteiger partial charge on any atom is -0.456 e. The summed E-state index contributed by atoms with van der Waals surface area (Å²) in [6.45, 7) is 13.0. The average molecular weight is 693 g/mol. The van der Waals surface area contributed by atoms with Crippen molar-refractivity contribution in [3.8, 4) is 22.6 Å². The maximum Gasteiger partial charge on any atom is 0.343 e. The number of aryl methyl sites for hydroxylation is 4. The Hall–Kier alpha value is -4.99. The van der Waals surface area contributed by atoms with Crippen LogP contribution < -0.4 is 8.92 Å². The molecule has 0 spiro atoms. The van der Waals surface area contributed by atoms with Crippen LogP contribution in [0.25, 0.3) is 32.0 Å². The summed E-state index contributed by atoms with van der Waals surface area (Å²) in [4.78, 5) is 27.0. The Balaban J connectivity index is 1.39. The summed E-state index contributed by atoms with van der Waals surface area (Å²) in [5.74, 6) is -1.61. The molecule has 0 aliphatic carbocycles. The molecule has 0 aliphatic rings. The predicted molar refractivity (Wildman–Crippen MR) is 195 cm³/mol. The number of carbonyl (C=O) groups excluding carboxylic acids is 2. The van der Waals surface area contributed by atoms with Crippen molar-refractivity contribution >= 4 is 54.3 Å². The van der Waals surface area contributed by atoms with Gasteiger partial charge in [-0.1, -0.05) is 42.5 Å². The molecule has 7 nitrogen and oxygen atoms in total. The molecule has 5 aromatic carbocycles. The largest absolute Gasteiger partial charge is 0.456 e. The standard InChI is InChI=1S/C40H36O7S2/c1-23-19-29(36-31-16-12-11-15-28(31)21-34-35(36)25(3)26(4)48-34)20-24(2)37(23)47-49(43,44)30-17-18-32(39(42)46-40(5,6)7)33(22-30)45-38(41)27-13-9-8-10-14-27/h8-22H,1-7H3. The first-order valence-corrected chi connectivity index (χ1v) is 18.0. The zero-order valence-corrected chi connectivity index (χ0v) is 30.0. The molecule has 0 aliphatic heterocycles. The van der Waals surface area contributed by atoms with Crippen LogP contribution in [0.1, 0.15) is 63.1 Å². The van der Waals surface area contributed by atoms with Gasteiger partial charge in [-0.25, -0.2) is 9.59 Å². The number of benzene rings is 5. The summed E-state index contributed by atoms with van der Waals surface area (Å²) >= 11 is 1.76. The lowest BCUT2D eigenvalue weighted by molar-refractivity contribution is 0.00666. The van der Waals surface area contributed by atoms with Crippen LogP contribution in [0.15, 0.2) is 95.9 Å². The molecular formula is C40H36O7S2. The first kappa shape index (κ1) is 33.9. The summed E-state index contributed by atoms with van der Waals surface area (Å²) in [6.07, 6.45) is 0. The molecule has 1 aromatic heterocycles. The number of fused-ring (bicyclic) bond motifs is 2. The second-order valence-electron chi connectivity index (χ2n) is 13.0. The van der Waals surface area contributed by atoms with Crippen LogP contribution in [0.5, 0.6) is 11.5 Å². The molecule has 0 amide bonds. The normalized spacial score (nSPS) is 11.9. The van der Waals surface area contributed by atoms with E-state index >= 15 is 0 Å². The number of hydrogen-bond donors (Lipinski definition) is 0. The van der Waals surface area contributed by atoms with E-state index in [1.165, 1.54) is 32.7 Å². The topological polar surface area (TPSA) is 96.0 Å². The molecule has 0 saturated heterocycles. The molecule has 1 heterocycles. The van der Waals surface area contributed by atoms with Crippen LogP contribution in [0, 0.1) is 27.7 Å². The Morgan fingerprint density at radius 1 is 0.755 bits per heavy atom. The average Bonchev–Trinajstić information content (AvgIpc) is 3.33. The molecule has 250 valence electrons. The van der Waals surface area contributed by atoms with Crippen molar-refractivity contribution < 1.29 is 31.7 Å². The second kappa shape index (κ2) is 12.8. The molecule has 9 heteroatoms. The third-order valence-corrected chi connectivity index (χ3v) is 10.6. The second-order valence-corrected chi connectivity index (χ2v) is 15.8. The lowest BCUT2D eigenvalue weighted by atomic mass is 9.91. The minimum atomic E-state index is -4.45. The molecule has 0 bridgehead atoms. The predicted octanol–water partition coefficient (Wildman–Crippen LogP) is 9.90. The van der Waals surface area contributed by atoms with Gasteiger partial charge in [0.25, 0.3) is 0 Å². The van der Waals surface area contributed by atoms with Crippen LogP contribution in [-0.2, 0) is 14.9 Å². The zero-order valence-electron chi connectivity index (χ0n) is 28.3. The van der Waals surface area contributed by atoms with Crippen LogP contribution in [0.2, 0.25) is 0 Å². The highest BCUT2D eigenvalue weighted by molar-refractivity contribution is 7.87. The van der Waals surface area contributed by atoms with Crippen LogP contribution in [0.3, 0.4) is 0 Å². The molecule has 0 atom stereocenters. The first-order valence-electron chi connectivity index (χ1n) is 15.7. The van der Waals surface area contributed by atoms with Gasteiger partial charge in [0, 0.05) is 21.0 Å². The number of esters is 2. The number of rotatable bonds is 7. The van der Waals surface area contributed by atoms with Crippen molar-refractivity contribution in [3.05, 3.63) is 124 Å². The highest BCUT2D eigenvalue weighted by atomic mass is 32.2. The number of thiophene rings is 1. The van der Waals surface area contributed by atoms with Crippen molar-refractivity contribution in [2.45, 2.75) is 59.0 Å². The third-order valence-electron chi connectivity index (χ3n) is 8.19. The number of hydrogen-bond acceptors (Lipinski definition) is 8. The monoisotopic (exact) mass is 692 g/mol. The van der Waals surface area contributed by atoms with Crippen LogP contribution in [0.4, 0.5) is 0 Å². The van der Waals surface area contributed by atoms with Gasteiger partial charge in [-0.05, 0) is 130 Å². The van der Waals surface area contributed by atoms with E-state index in [2.05, 4.69) is 32.0 Å². The Morgan fingerprint density at radius 2 is 1.41 bits per heavy atom. The fraction of sp³-hybridized carbons (Fsp3) is 0.200. The summed E-state index contributed by atoms with van der Waals surface area (Å²) in [5, 5.41) is 3.42. The van der Waals surface area contributed by atoms with Crippen molar-refractivity contribution in [1.29, 1.82) is 0 Å². The highest BCUT2D eigenvalue weighted by Gasteiger charge is 2.27. The Morgan fingerprint density at radius 3 is 2.08 bits per heavy atom. The van der Waals surface area contributed by atoms with Crippen molar-refractivity contribution in [2.24, 2.45) is 0 Å². The van der Waals surface area contributed by atoms with Gasteiger partial charge in [0.2, 0.25) is 0 Å². The van der Waals surface area contributed by atoms with Gasteiger partial charge in [-0.15, -0.1) is 11.3 Å². The molecule has 6 aromatic rings. The van der Waals surface area contributed by atoms with E-state index in [-0.39, 0.29) is 27.5 Å². The van der Waals surface area contributed by atoms with Gasteiger partial charge in [-0.3, -0.25) is 0 Å². The third kappa shape index (κ3) is 6.82. The molecule has 0 fully saturated rings. The summed E-state index contributed by atoms with van der Waals surface area (Å²) in [6, 6.07) is 26.2. The Kier molecular flexibility index (Phi) is 8.85. The van der Waals surface area contributed by atoms with E-state index in [0.29, 0.717) is 11.1 Å². The van der Waals surface area contributed by atoms with E-state index in [0.717, 1.165) is 28.0 Å². The van der Waals surface area contributed by atoms with Crippen LogP contribution in [-0.4, -0.2) is 26.0 Å². The quantitative estimate of drug-likeness (QED) is 0.0934. The van der Waals surface area contributed by atoms with E-state index in [4.69, 9.17) is 13.7 Å². The summed E-state index contributed by atoms with van der Waals surface area (Å²) < 4.78 is 45.7. The highest BCUT2D eigenvalue weighted by Crippen LogP contribution is 2.44. The molecule has 49 heavy (non-hydrogen) atoms. The fourth-order valence-electron chi connectivity index (χ4n) is 5.85. The van der Waals surface area contributed by atoms with Gasteiger partial charge in [-0.2, -0.15) is 8.42 Å². The smallest absolute Gasteiger partial charge is 0.343 e. The van der Waals surface area contributed by atoms with E-state index < -0.39 is 27.7 Å². The molecule has 0 radical (unpaired) electrons. The first-order chi connectivity index (χ1) is 23.1. The Bertz CT molecular complexity index is 2360. The summed E-state index contributed by atoms with van der Waals surface area (Å²) in [5.41, 5.74) is 3.82. The van der Waals surface area contributed by atoms with E-state index in [1.54, 1.807) is 62.4 Å². The van der Waals surface area contributed by atoms with Crippen molar-refractivity contribution in [3.63, 3.8) is 0 Å². The molecule has 0 saturated carbocycles. The molecule has 0 N–H and O–H groups in total. The maximum atomic E-state index is 13.8. The van der Waals surface area contributed by atoms with Gasteiger partial charge >= 0.3 is 22.1 Å². The Labute approximate surface area is 290 Å². The molecular weight excluding hydrogens is 657 g/mol. The van der Waals surface area contributed by atoms with Gasteiger partial charge < -0.3 is 13.7 Å². The van der Waals surface area contributed by atoms with Gasteiger partial charge in [0.1, 0.15) is 27.6 Å². The number of carbonyl (C=O) groups is 2. The van der Waals surface area contributed by atoms with Gasteiger partial charge in [0.05, 0.1) is 5.56 Å². The zero-order chi connectivity index (χ0) is 35.2. The lowest BCUT2D eigenvalue weighted by Gasteiger charge is -2.21. The van der Waals surface area contributed by atoms with Crippen molar-refractivity contribution in [2.75, 3.05) is 0 Å². The SMILES string of the molecule is Cc1cc(-c2c3ccccc3cc3sc(C)c(C)c23)cc(C)c1OS(=O)(=O)c1ccc(C(=O)OC(C)(C)C)c(OC(=O)c2ccccc2)c1. The fourth-order valence-corrected chi connectivity index (χ4v) is 8.05. The van der Waals surface area contributed by atoms with Crippen molar-refractivity contribution in [1.82, 2.24) is 0 Å². The maximum absolute atomic E-state index is 13.8. The van der Waals surface area contributed by atoms with Crippen LogP contribution >= 0.6 is 11.3 Å². The molecule has 6 rings (SSSR count). The van der Waals surface area contributed by atoms with E-state index in [1.807, 2.05) is 38.1 Å². The minimum absolute atomic E-state index is 0.102. The number of ether oxygens (including phenoxy) is 2. The van der Waals surface area contributed by atoms with E-state index in [9.17, 15) is 18.0 Å². The molecule has 0 unspecified atom stereocenters. The summed E-state index contributed by atoms with van der Waals surface area (Å²) in [7, 11) is -4.45.